The molecule has 1 aromatic heterocycles. The van der Waals surface area contributed by atoms with Gasteiger partial charge in [-0.05, 0) is 55.3 Å². The second-order valence-corrected chi connectivity index (χ2v) is 7.39. The van der Waals surface area contributed by atoms with E-state index in [9.17, 15) is 9.90 Å². The van der Waals surface area contributed by atoms with Crippen molar-refractivity contribution in [3.8, 4) is 11.3 Å². The van der Waals surface area contributed by atoms with Crippen molar-refractivity contribution < 1.29 is 9.90 Å². The van der Waals surface area contributed by atoms with Gasteiger partial charge in [-0.3, -0.25) is 4.79 Å². The second kappa shape index (κ2) is 8.59. The standard InChI is InChI=1S/C22H21ClN4O2/c23-17-7-3-15(4-8-17)20-11-12-24-22(26-20)25-18-9-5-16(6-10-18)21(29)27-13-1-2-19(27)14-28/h3-12,19,28H,1-2,13-14H2,(H,24,25,26)/t19-/m1/s1. The van der Waals surface area contributed by atoms with Gasteiger partial charge < -0.3 is 15.3 Å². The SMILES string of the molecule is O=C(c1ccc(Nc2nccc(-c3ccc(Cl)cc3)n2)cc1)N1CCC[C@@H]1CO. The normalized spacial score (nSPS) is 16.1. The monoisotopic (exact) mass is 408 g/mol. The highest BCUT2D eigenvalue weighted by molar-refractivity contribution is 6.30. The maximum absolute atomic E-state index is 12.7. The van der Waals surface area contributed by atoms with Crippen molar-refractivity contribution in [3.63, 3.8) is 0 Å². The number of benzene rings is 2. The molecule has 2 aromatic carbocycles. The maximum Gasteiger partial charge on any atom is 0.254 e. The van der Waals surface area contributed by atoms with Crippen LogP contribution in [-0.4, -0.2) is 45.1 Å². The van der Waals surface area contributed by atoms with Crippen molar-refractivity contribution in [1.82, 2.24) is 14.9 Å². The number of aliphatic hydroxyl groups is 1. The first-order valence-electron chi connectivity index (χ1n) is 9.52. The molecule has 0 radical (unpaired) electrons. The molecule has 1 fully saturated rings. The Bertz CT molecular complexity index is 992. The van der Waals surface area contributed by atoms with Crippen LogP contribution in [0.15, 0.2) is 60.8 Å². The van der Waals surface area contributed by atoms with E-state index in [-0.39, 0.29) is 18.6 Å². The molecule has 0 unspecified atom stereocenters. The smallest absolute Gasteiger partial charge is 0.254 e. The lowest BCUT2D eigenvalue weighted by Gasteiger charge is -2.23. The van der Waals surface area contributed by atoms with Gasteiger partial charge in [-0.1, -0.05) is 23.7 Å². The van der Waals surface area contributed by atoms with Gasteiger partial charge in [0.2, 0.25) is 5.95 Å². The van der Waals surface area contributed by atoms with Crippen LogP contribution in [0.5, 0.6) is 0 Å². The zero-order valence-electron chi connectivity index (χ0n) is 15.8. The minimum Gasteiger partial charge on any atom is -0.394 e. The fourth-order valence-electron chi connectivity index (χ4n) is 3.48. The van der Waals surface area contributed by atoms with Crippen molar-refractivity contribution in [3.05, 3.63) is 71.4 Å². The van der Waals surface area contributed by atoms with Gasteiger partial charge in [0.15, 0.2) is 0 Å². The number of carbonyl (C=O) groups excluding carboxylic acids is 1. The third-order valence-electron chi connectivity index (χ3n) is 5.03. The number of aromatic nitrogens is 2. The molecule has 1 amide bonds. The Kier molecular flexibility index (Phi) is 5.74. The predicted octanol–water partition coefficient (Wildman–Crippen LogP) is 4.14. The third-order valence-corrected chi connectivity index (χ3v) is 5.28. The highest BCUT2D eigenvalue weighted by Crippen LogP contribution is 2.23. The average molecular weight is 409 g/mol. The van der Waals surface area contributed by atoms with Gasteiger partial charge in [-0.25, -0.2) is 9.97 Å². The quantitative estimate of drug-likeness (QED) is 0.663. The van der Waals surface area contributed by atoms with Crippen LogP contribution in [0.4, 0.5) is 11.6 Å². The van der Waals surface area contributed by atoms with Crippen molar-refractivity contribution >= 4 is 29.1 Å². The molecule has 1 atom stereocenters. The Morgan fingerprint density at radius 1 is 1.14 bits per heavy atom. The molecule has 2 heterocycles. The van der Waals surface area contributed by atoms with E-state index in [0.29, 0.717) is 23.1 Å². The van der Waals surface area contributed by atoms with Crippen molar-refractivity contribution in [2.45, 2.75) is 18.9 Å². The largest absolute Gasteiger partial charge is 0.394 e. The van der Waals surface area contributed by atoms with Gasteiger partial charge in [-0.15, -0.1) is 0 Å². The summed E-state index contributed by atoms with van der Waals surface area (Å²) < 4.78 is 0. The van der Waals surface area contributed by atoms with Gasteiger partial charge in [0.05, 0.1) is 18.3 Å². The van der Waals surface area contributed by atoms with E-state index in [0.717, 1.165) is 29.8 Å². The fourth-order valence-corrected chi connectivity index (χ4v) is 3.61. The number of anilines is 2. The van der Waals surface area contributed by atoms with Crippen LogP contribution >= 0.6 is 11.6 Å². The zero-order valence-corrected chi connectivity index (χ0v) is 16.5. The third kappa shape index (κ3) is 4.39. The summed E-state index contributed by atoms with van der Waals surface area (Å²) >= 11 is 5.95. The van der Waals surface area contributed by atoms with Crippen LogP contribution in [0.1, 0.15) is 23.2 Å². The highest BCUT2D eigenvalue weighted by Gasteiger charge is 2.28. The molecule has 1 saturated heterocycles. The maximum atomic E-state index is 12.7. The number of rotatable bonds is 5. The van der Waals surface area contributed by atoms with E-state index in [2.05, 4.69) is 15.3 Å². The van der Waals surface area contributed by atoms with E-state index in [1.807, 2.05) is 42.5 Å². The molecule has 148 valence electrons. The van der Waals surface area contributed by atoms with Gasteiger partial charge in [0.25, 0.3) is 5.91 Å². The van der Waals surface area contributed by atoms with Crippen LogP contribution in [0, 0.1) is 0 Å². The Morgan fingerprint density at radius 3 is 2.62 bits per heavy atom. The molecule has 0 bridgehead atoms. The van der Waals surface area contributed by atoms with E-state index < -0.39 is 0 Å². The molecule has 0 spiro atoms. The summed E-state index contributed by atoms with van der Waals surface area (Å²) in [6, 6.07) is 16.4. The molecule has 3 aromatic rings. The van der Waals surface area contributed by atoms with Crippen LogP contribution in [0.2, 0.25) is 5.02 Å². The van der Waals surface area contributed by atoms with Crippen molar-refractivity contribution in [2.24, 2.45) is 0 Å². The number of aliphatic hydroxyl groups excluding tert-OH is 1. The molecule has 7 heteroatoms. The van der Waals surface area contributed by atoms with Crippen LogP contribution < -0.4 is 5.32 Å². The Hall–Kier alpha value is -2.96. The molecule has 29 heavy (non-hydrogen) atoms. The zero-order chi connectivity index (χ0) is 20.2. The molecule has 4 rings (SSSR count). The summed E-state index contributed by atoms with van der Waals surface area (Å²) in [6.07, 6.45) is 3.47. The second-order valence-electron chi connectivity index (χ2n) is 6.95. The summed E-state index contributed by atoms with van der Waals surface area (Å²) in [6.45, 7) is 0.696. The van der Waals surface area contributed by atoms with Crippen molar-refractivity contribution in [2.75, 3.05) is 18.5 Å². The first kappa shape index (κ1) is 19.4. The minimum atomic E-state index is -0.0793. The summed E-state index contributed by atoms with van der Waals surface area (Å²) in [7, 11) is 0. The van der Waals surface area contributed by atoms with Gasteiger partial charge >= 0.3 is 0 Å². The van der Waals surface area contributed by atoms with Gasteiger partial charge in [0.1, 0.15) is 0 Å². The topological polar surface area (TPSA) is 78.4 Å². The molecule has 6 nitrogen and oxygen atoms in total. The molecular formula is C22H21ClN4O2. The summed E-state index contributed by atoms with van der Waals surface area (Å²) in [5.41, 5.74) is 3.13. The van der Waals surface area contributed by atoms with Crippen LogP contribution in [0.3, 0.4) is 0 Å². The lowest BCUT2D eigenvalue weighted by atomic mass is 10.1. The number of likely N-dealkylation sites (tertiary alicyclic amines) is 1. The first-order valence-corrected chi connectivity index (χ1v) is 9.90. The minimum absolute atomic E-state index is 0.00663. The number of carbonyl (C=O) groups is 1. The average Bonchev–Trinajstić information content (AvgIpc) is 3.23. The molecule has 2 N–H and O–H groups in total. The lowest BCUT2D eigenvalue weighted by Crippen LogP contribution is -2.37. The number of hydrogen-bond donors (Lipinski definition) is 2. The van der Waals surface area contributed by atoms with Gasteiger partial charge in [-0.2, -0.15) is 0 Å². The summed E-state index contributed by atoms with van der Waals surface area (Å²) in [5, 5.41) is 13.3. The van der Waals surface area contributed by atoms with E-state index >= 15 is 0 Å². The van der Waals surface area contributed by atoms with E-state index in [4.69, 9.17) is 11.6 Å². The molecule has 0 aliphatic carbocycles. The molecule has 1 aliphatic heterocycles. The number of nitrogens with zero attached hydrogens (tertiary/aromatic N) is 3. The lowest BCUT2D eigenvalue weighted by molar-refractivity contribution is 0.0677. The fraction of sp³-hybridized carbons (Fsp3) is 0.227. The molecule has 0 saturated carbocycles. The first-order chi connectivity index (χ1) is 14.1. The van der Waals surface area contributed by atoms with E-state index in [1.54, 1.807) is 23.2 Å². The number of halogens is 1. The van der Waals surface area contributed by atoms with Crippen molar-refractivity contribution in [1.29, 1.82) is 0 Å². The highest BCUT2D eigenvalue weighted by atomic mass is 35.5. The van der Waals surface area contributed by atoms with E-state index in [1.165, 1.54) is 0 Å². The number of nitrogens with one attached hydrogen (secondary N) is 1. The Morgan fingerprint density at radius 2 is 1.90 bits per heavy atom. The Balaban J connectivity index is 1.47. The molecular weight excluding hydrogens is 388 g/mol. The number of hydrogen-bond acceptors (Lipinski definition) is 5. The van der Waals surface area contributed by atoms with Crippen LogP contribution in [-0.2, 0) is 0 Å². The number of amides is 1. The Labute approximate surface area is 174 Å². The van der Waals surface area contributed by atoms with Gasteiger partial charge in [0, 0.05) is 34.6 Å². The predicted molar refractivity (Wildman–Crippen MR) is 113 cm³/mol. The summed E-state index contributed by atoms with van der Waals surface area (Å²) in [4.78, 5) is 23.2. The molecule has 1 aliphatic rings. The summed E-state index contributed by atoms with van der Waals surface area (Å²) in [5.74, 6) is 0.422. The van der Waals surface area contributed by atoms with Crippen LogP contribution in [0.25, 0.3) is 11.3 Å².